The molecule has 0 aromatic carbocycles. The first kappa shape index (κ1) is 15.6. The molecule has 0 unspecified atom stereocenters. The van der Waals surface area contributed by atoms with Crippen molar-refractivity contribution >= 4 is 30.0 Å². The lowest BCUT2D eigenvalue weighted by molar-refractivity contribution is -0.139. The molecule has 1 aliphatic rings. The summed E-state index contributed by atoms with van der Waals surface area (Å²) < 4.78 is 36.2. The van der Waals surface area contributed by atoms with Crippen LogP contribution in [0.25, 0.3) is 0 Å². The van der Waals surface area contributed by atoms with Crippen LogP contribution in [0.5, 0.6) is 0 Å². The third-order valence-corrected chi connectivity index (χ3v) is 3.11. The van der Waals surface area contributed by atoms with E-state index in [0.29, 0.717) is 0 Å². The van der Waals surface area contributed by atoms with Gasteiger partial charge in [-0.1, -0.05) is 31.5 Å². The molecule has 2 atom stereocenters. The average Bonchev–Trinajstić information content (AvgIpc) is 2.50. The number of rotatable bonds is 2. The van der Waals surface area contributed by atoms with E-state index in [-0.39, 0.29) is 12.4 Å². The van der Waals surface area contributed by atoms with Crippen LogP contribution in [0.4, 0.5) is 13.2 Å². The second kappa shape index (κ2) is 4.45. The fourth-order valence-electron chi connectivity index (χ4n) is 1.71. The maximum Gasteiger partial charge on any atom is 0.426 e. The standard InChI is InChI=1S/C9H10ClF3O2.ClH/c1-8(2)4(6(8)7(14)15)3-5(10)9(11,12)13;/h3-4,6H,1-2H3,(H,14,15);1H/t4-,6+;/m0./s1. The van der Waals surface area contributed by atoms with Crippen molar-refractivity contribution in [2.45, 2.75) is 20.0 Å². The van der Waals surface area contributed by atoms with E-state index >= 15 is 0 Å². The zero-order chi connectivity index (χ0) is 12.0. The number of alkyl halides is 3. The second-order valence-corrected chi connectivity index (χ2v) is 4.58. The van der Waals surface area contributed by atoms with Gasteiger partial charge in [0.25, 0.3) is 0 Å². The summed E-state index contributed by atoms with van der Waals surface area (Å²) in [5.41, 5.74) is -0.656. The number of aliphatic carboxylic acids is 1. The molecule has 0 aromatic heterocycles. The van der Waals surface area contributed by atoms with Crippen LogP contribution in [0, 0.1) is 17.3 Å². The number of allylic oxidation sites excluding steroid dienone is 2. The molecule has 0 radical (unpaired) electrons. The maximum absolute atomic E-state index is 12.1. The summed E-state index contributed by atoms with van der Waals surface area (Å²) in [5, 5.41) is 7.48. The summed E-state index contributed by atoms with van der Waals surface area (Å²) in [6, 6.07) is 0. The van der Waals surface area contributed by atoms with Gasteiger partial charge in [-0.2, -0.15) is 13.2 Å². The first-order valence-electron chi connectivity index (χ1n) is 4.26. The van der Waals surface area contributed by atoms with Gasteiger partial charge in [-0.25, -0.2) is 0 Å². The van der Waals surface area contributed by atoms with Gasteiger partial charge < -0.3 is 5.11 Å². The number of carboxylic acid groups (broad SMARTS) is 1. The van der Waals surface area contributed by atoms with Gasteiger partial charge in [0.1, 0.15) is 5.03 Å². The van der Waals surface area contributed by atoms with E-state index in [4.69, 9.17) is 16.7 Å². The van der Waals surface area contributed by atoms with Gasteiger partial charge in [-0.3, -0.25) is 4.79 Å². The highest BCUT2D eigenvalue weighted by Crippen LogP contribution is 2.60. The Bertz CT molecular complexity index is 323. The van der Waals surface area contributed by atoms with Crippen LogP contribution in [-0.2, 0) is 4.79 Å². The van der Waals surface area contributed by atoms with Crippen molar-refractivity contribution in [2.75, 3.05) is 0 Å². The Hall–Kier alpha value is -0.420. The van der Waals surface area contributed by atoms with Crippen molar-refractivity contribution in [2.24, 2.45) is 17.3 Å². The van der Waals surface area contributed by atoms with Gasteiger partial charge in [-0.05, 0) is 11.3 Å². The summed E-state index contributed by atoms with van der Waals surface area (Å²) in [7, 11) is 0. The Morgan fingerprint density at radius 1 is 1.44 bits per heavy atom. The molecule has 0 spiro atoms. The largest absolute Gasteiger partial charge is 0.481 e. The lowest BCUT2D eigenvalue weighted by Crippen LogP contribution is -2.07. The Labute approximate surface area is 102 Å². The smallest absolute Gasteiger partial charge is 0.426 e. The van der Waals surface area contributed by atoms with Gasteiger partial charge in [-0.15, -0.1) is 12.4 Å². The molecule has 16 heavy (non-hydrogen) atoms. The van der Waals surface area contributed by atoms with E-state index in [2.05, 4.69) is 0 Å². The van der Waals surface area contributed by atoms with Crippen molar-refractivity contribution in [1.82, 2.24) is 0 Å². The van der Waals surface area contributed by atoms with Crippen molar-refractivity contribution < 1.29 is 23.1 Å². The minimum absolute atomic E-state index is 0. The third-order valence-electron chi connectivity index (χ3n) is 2.77. The number of hydrogen-bond acceptors (Lipinski definition) is 1. The number of carbonyl (C=O) groups is 1. The molecule has 1 rings (SSSR count). The normalized spacial score (nSPS) is 28.2. The quantitative estimate of drug-likeness (QED) is 0.840. The predicted molar refractivity (Wildman–Crippen MR) is 55.6 cm³/mol. The van der Waals surface area contributed by atoms with Crippen LogP contribution < -0.4 is 0 Å². The molecule has 0 aromatic rings. The van der Waals surface area contributed by atoms with Gasteiger partial charge in [0.15, 0.2) is 0 Å². The molecule has 1 saturated carbocycles. The molecule has 2 nitrogen and oxygen atoms in total. The zero-order valence-corrected chi connectivity index (χ0v) is 10.1. The number of hydrogen-bond donors (Lipinski definition) is 1. The van der Waals surface area contributed by atoms with Crippen LogP contribution in [-0.4, -0.2) is 17.3 Å². The predicted octanol–water partition coefficient (Wildman–Crippen LogP) is 3.45. The minimum atomic E-state index is -4.59. The average molecular weight is 279 g/mol. The molecule has 0 aliphatic heterocycles. The van der Waals surface area contributed by atoms with Crippen LogP contribution in [0.3, 0.4) is 0 Å². The summed E-state index contributed by atoms with van der Waals surface area (Å²) in [4.78, 5) is 10.7. The van der Waals surface area contributed by atoms with Crippen LogP contribution >= 0.6 is 24.0 Å². The lowest BCUT2D eigenvalue weighted by atomic mass is 10.1. The van der Waals surface area contributed by atoms with E-state index in [0.717, 1.165) is 6.08 Å². The monoisotopic (exact) mass is 278 g/mol. The summed E-state index contributed by atoms with van der Waals surface area (Å²) in [5.74, 6) is -2.52. The van der Waals surface area contributed by atoms with Crippen molar-refractivity contribution in [1.29, 1.82) is 0 Å². The number of carboxylic acids is 1. The second-order valence-electron chi connectivity index (χ2n) is 4.18. The molecule has 0 saturated heterocycles. The van der Waals surface area contributed by atoms with Gasteiger partial charge in [0.05, 0.1) is 5.92 Å². The summed E-state index contributed by atoms with van der Waals surface area (Å²) >= 11 is 5.03. The first-order chi connectivity index (χ1) is 6.58. The van der Waals surface area contributed by atoms with Crippen LogP contribution in [0.2, 0.25) is 0 Å². The third kappa shape index (κ3) is 2.83. The van der Waals surface area contributed by atoms with E-state index < -0.39 is 34.4 Å². The van der Waals surface area contributed by atoms with Gasteiger partial charge in [0, 0.05) is 0 Å². The SMILES string of the molecule is CC1(C)[C@@H](C=C(Cl)C(F)(F)F)[C@@H]1C(=O)O.Cl. The topological polar surface area (TPSA) is 37.3 Å². The molecule has 94 valence electrons. The van der Waals surface area contributed by atoms with Gasteiger partial charge in [0.2, 0.25) is 0 Å². The van der Waals surface area contributed by atoms with Crippen molar-refractivity contribution in [3.8, 4) is 0 Å². The molecule has 0 heterocycles. The Balaban J connectivity index is 0.00000225. The maximum atomic E-state index is 12.1. The molecule has 1 N–H and O–H groups in total. The molecule has 1 fully saturated rings. The lowest BCUT2D eigenvalue weighted by Gasteiger charge is -2.04. The fraction of sp³-hybridized carbons (Fsp3) is 0.667. The molecule has 7 heteroatoms. The molecule has 0 amide bonds. The van der Waals surface area contributed by atoms with Gasteiger partial charge >= 0.3 is 12.1 Å². The van der Waals surface area contributed by atoms with Crippen molar-refractivity contribution in [3.63, 3.8) is 0 Å². The van der Waals surface area contributed by atoms with Crippen LogP contribution in [0.15, 0.2) is 11.1 Å². The fourth-order valence-corrected chi connectivity index (χ4v) is 1.85. The Kier molecular flexibility index (Phi) is 4.33. The van der Waals surface area contributed by atoms with Crippen LogP contribution in [0.1, 0.15) is 13.8 Å². The Morgan fingerprint density at radius 3 is 2.12 bits per heavy atom. The summed E-state index contributed by atoms with van der Waals surface area (Å²) in [6.07, 6.45) is -3.80. The molecule has 0 bridgehead atoms. The van der Waals surface area contributed by atoms with E-state index in [1.54, 1.807) is 13.8 Å². The first-order valence-corrected chi connectivity index (χ1v) is 4.63. The molecular formula is C9H11Cl2F3O2. The minimum Gasteiger partial charge on any atom is -0.481 e. The molecule has 1 aliphatic carbocycles. The number of halogens is 5. The summed E-state index contributed by atoms with van der Waals surface area (Å²) in [6.45, 7) is 3.21. The highest BCUT2D eigenvalue weighted by Gasteiger charge is 2.61. The van der Waals surface area contributed by atoms with E-state index in [1.807, 2.05) is 0 Å². The molecular weight excluding hydrogens is 268 g/mol. The highest BCUT2D eigenvalue weighted by atomic mass is 35.5. The van der Waals surface area contributed by atoms with E-state index in [9.17, 15) is 18.0 Å². The highest BCUT2D eigenvalue weighted by molar-refractivity contribution is 6.30. The van der Waals surface area contributed by atoms with E-state index in [1.165, 1.54) is 0 Å². The zero-order valence-electron chi connectivity index (χ0n) is 8.51. The Morgan fingerprint density at radius 2 is 1.88 bits per heavy atom. The van der Waals surface area contributed by atoms with Crippen molar-refractivity contribution in [3.05, 3.63) is 11.1 Å².